The van der Waals surface area contributed by atoms with Crippen molar-refractivity contribution in [2.45, 2.75) is 46.0 Å². The standard InChI is InChI=1S/C20H26O7/c1-6-19(13(4)22,18(25)26)20(7-2,16(12(3)21)17(23)24)14-8-10-15(27-5)11-9-14/h8-11,16H,6-7H2,1-5H3,(H,23,24)(H,25,26). The van der Waals surface area contributed by atoms with E-state index in [1.165, 1.54) is 26.2 Å². The fourth-order valence-electron chi connectivity index (χ4n) is 4.36. The quantitative estimate of drug-likeness (QED) is 0.601. The highest BCUT2D eigenvalue weighted by Gasteiger charge is 2.65. The first-order valence-corrected chi connectivity index (χ1v) is 8.68. The van der Waals surface area contributed by atoms with Crippen molar-refractivity contribution in [3.63, 3.8) is 0 Å². The maximum atomic E-state index is 12.7. The van der Waals surface area contributed by atoms with Gasteiger partial charge in [-0.3, -0.25) is 19.2 Å². The van der Waals surface area contributed by atoms with Crippen molar-refractivity contribution in [1.82, 2.24) is 0 Å². The fourth-order valence-corrected chi connectivity index (χ4v) is 4.36. The van der Waals surface area contributed by atoms with Crippen molar-refractivity contribution in [3.8, 4) is 5.75 Å². The number of benzene rings is 1. The van der Waals surface area contributed by atoms with Crippen LogP contribution in [0.3, 0.4) is 0 Å². The summed E-state index contributed by atoms with van der Waals surface area (Å²) < 4.78 is 5.11. The number of methoxy groups -OCH3 is 1. The molecule has 7 nitrogen and oxygen atoms in total. The molecule has 0 fully saturated rings. The number of hydrogen-bond donors (Lipinski definition) is 2. The van der Waals surface area contributed by atoms with Gasteiger partial charge in [0.15, 0.2) is 0 Å². The van der Waals surface area contributed by atoms with E-state index in [0.717, 1.165) is 13.8 Å². The summed E-state index contributed by atoms with van der Waals surface area (Å²) in [6, 6.07) is 6.16. The van der Waals surface area contributed by atoms with E-state index < -0.39 is 40.3 Å². The summed E-state index contributed by atoms with van der Waals surface area (Å²) in [6.45, 7) is 5.35. The monoisotopic (exact) mass is 378 g/mol. The largest absolute Gasteiger partial charge is 0.497 e. The summed E-state index contributed by atoms with van der Waals surface area (Å²) in [5.74, 6) is -5.51. The summed E-state index contributed by atoms with van der Waals surface area (Å²) >= 11 is 0. The van der Waals surface area contributed by atoms with Crippen LogP contribution in [-0.4, -0.2) is 40.8 Å². The van der Waals surface area contributed by atoms with Crippen molar-refractivity contribution >= 4 is 23.5 Å². The molecule has 1 rings (SSSR count). The Bertz CT molecular complexity index is 707. The van der Waals surface area contributed by atoms with Gasteiger partial charge in [-0.2, -0.15) is 0 Å². The molecule has 0 amide bonds. The van der Waals surface area contributed by atoms with Crippen LogP contribution in [0.15, 0.2) is 24.3 Å². The Morgan fingerprint density at radius 3 is 1.78 bits per heavy atom. The number of ketones is 2. The van der Waals surface area contributed by atoms with Crippen LogP contribution in [0, 0.1) is 11.3 Å². The molecule has 0 spiro atoms. The third kappa shape index (κ3) is 3.34. The van der Waals surface area contributed by atoms with E-state index in [1.54, 1.807) is 19.1 Å². The van der Waals surface area contributed by atoms with Crippen LogP contribution in [0.4, 0.5) is 0 Å². The number of carboxylic acid groups (broad SMARTS) is 2. The van der Waals surface area contributed by atoms with Gasteiger partial charge in [0, 0.05) is 5.41 Å². The highest BCUT2D eigenvalue weighted by molar-refractivity contribution is 6.08. The second-order valence-corrected chi connectivity index (χ2v) is 6.56. The first-order valence-electron chi connectivity index (χ1n) is 8.68. The van der Waals surface area contributed by atoms with Crippen LogP contribution in [0.5, 0.6) is 5.75 Å². The van der Waals surface area contributed by atoms with Crippen LogP contribution in [0.1, 0.15) is 46.1 Å². The average Bonchev–Trinajstić information content (AvgIpc) is 2.60. The van der Waals surface area contributed by atoms with Crippen LogP contribution in [0.2, 0.25) is 0 Å². The first kappa shape index (κ1) is 22.3. The molecule has 0 saturated carbocycles. The smallest absolute Gasteiger partial charge is 0.318 e. The zero-order valence-electron chi connectivity index (χ0n) is 16.2. The normalized spacial score (nSPS) is 16.5. The van der Waals surface area contributed by atoms with E-state index in [9.17, 15) is 29.4 Å². The van der Waals surface area contributed by atoms with E-state index >= 15 is 0 Å². The molecule has 27 heavy (non-hydrogen) atoms. The van der Waals surface area contributed by atoms with Gasteiger partial charge in [0.05, 0.1) is 7.11 Å². The molecule has 3 atom stereocenters. The Morgan fingerprint density at radius 2 is 1.52 bits per heavy atom. The molecular formula is C20H26O7. The lowest BCUT2D eigenvalue weighted by Crippen LogP contribution is -2.61. The highest BCUT2D eigenvalue weighted by Crippen LogP contribution is 2.53. The van der Waals surface area contributed by atoms with Gasteiger partial charge in [0.2, 0.25) is 0 Å². The Labute approximate surface area is 158 Å². The number of ether oxygens (including phenoxy) is 1. The number of carbonyl (C=O) groups excluding carboxylic acids is 2. The molecule has 2 N–H and O–H groups in total. The topological polar surface area (TPSA) is 118 Å². The average molecular weight is 378 g/mol. The Balaban J connectivity index is 4.09. The van der Waals surface area contributed by atoms with Gasteiger partial charge in [0.1, 0.15) is 28.6 Å². The second-order valence-electron chi connectivity index (χ2n) is 6.56. The lowest BCUT2D eigenvalue weighted by atomic mass is 9.49. The maximum absolute atomic E-state index is 12.7. The van der Waals surface area contributed by atoms with E-state index in [2.05, 4.69) is 0 Å². The van der Waals surface area contributed by atoms with Crippen molar-refractivity contribution in [3.05, 3.63) is 29.8 Å². The number of hydrogen-bond acceptors (Lipinski definition) is 5. The number of Topliss-reactive ketones (excluding diaryl/α,β-unsaturated/α-hetero) is 2. The van der Waals surface area contributed by atoms with Gasteiger partial charge in [-0.15, -0.1) is 0 Å². The summed E-state index contributed by atoms with van der Waals surface area (Å²) in [7, 11) is 1.46. The lowest BCUT2D eigenvalue weighted by Gasteiger charge is -2.49. The number of carbonyl (C=O) groups is 4. The SMILES string of the molecule is CCC(C(C)=O)(C(=O)O)C(CC)(c1ccc(OC)cc1)C(C(C)=O)C(=O)O. The zero-order valence-corrected chi connectivity index (χ0v) is 16.2. The minimum atomic E-state index is -2.08. The predicted octanol–water partition coefficient (Wildman–Crippen LogP) is 2.70. The van der Waals surface area contributed by atoms with Crippen molar-refractivity contribution in [2.75, 3.05) is 7.11 Å². The highest BCUT2D eigenvalue weighted by atomic mass is 16.5. The molecule has 1 aromatic carbocycles. The predicted molar refractivity (Wildman–Crippen MR) is 97.8 cm³/mol. The number of carboxylic acids is 2. The molecule has 148 valence electrons. The Morgan fingerprint density at radius 1 is 1.00 bits per heavy atom. The van der Waals surface area contributed by atoms with Gasteiger partial charge in [0.25, 0.3) is 0 Å². The minimum Gasteiger partial charge on any atom is -0.497 e. The molecule has 0 aliphatic heterocycles. The molecule has 0 aliphatic rings. The van der Waals surface area contributed by atoms with Gasteiger partial charge in [-0.25, -0.2) is 0 Å². The molecule has 7 heteroatoms. The molecule has 0 aliphatic carbocycles. The number of rotatable bonds is 10. The molecule has 0 aromatic heterocycles. The van der Waals surface area contributed by atoms with Gasteiger partial charge in [-0.05, 0) is 44.4 Å². The molecule has 0 saturated heterocycles. The van der Waals surface area contributed by atoms with Crippen molar-refractivity contribution in [2.24, 2.45) is 11.3 Å². The minimum absolute atomic E-state index is 0.0321. The molecule has 3 unspecified atom stereocenters. The summed E-state index contributed by atoms with van der Waals surface area (Å²) in [5, 5.41) is 19.9. The maximum Gasteiger partial charge on any atom is 0.318 e. The summed E-state index contributed by atoms with van der Waals surface area (Å²) in [6.07, 6.45) is -0.190. The van der Waals surface area contributed by atoms with E-state index in [0.29, 0.717) is 11.3 Å². The molecular weight excluding hydrogens is 352 g/mol. The van der Waals surface area contributed by atoms with E-state index in [4.69, 9.17) is 4.74 Å². The fraction of sp³-hybridized carbons (Fsp3) is 0.500. The van der Waals surface area contributed by atoms with Crippen LogP contribution < -0.4 is 4.74 Å². The van der Waals surface area contributed by atoms with Gasteiger partial charge in [-0.1, -0.05) is 26.0 Å². The summed E-state index contributed by atoms with van der Waals surface area (Å²) in [5.41, 5.74) is -3.54. The first-order chi connectivity index (χ1) is 12.6. The number of aliphatic carboxylic acids is 2. The van der Waals surface area contributed by atoms with E-state index in [-0.39, 0.29) is 12.8 Å². The van der Waals surface area contributed by atoms with Gasteiger partial charge >= 0.3 is 11.9 Å². The van der Waals surface area contributed by atoms with Crippen molar-refractivity contribution < 1.29 is 34.1 Å². The zero-order chi connectivity index (χ0) is 21.0. The summed E-state index contributed by atoms with van der Waals surface area (Å²) in [4.78, 5) is 49.6. The van der Waals surface area contributed by atoms with Crippen LogP contribution >= 0.6 is 0 Å². The van der Waals surface area contributed by atoms with Crippen LogP contribution in [-0.2, 0) is 24.6 Å². The second kappa shape index (κ2) is 8.33. The molecule has 1 aromatic rings. The molecule has 0 bridgehead atoms. The van der Waals surface area contributed by atoms with Crippen LogP contribution in [0.25, 0.3) is 0 Å². The Hall–Kier alpha value is -2.70. The molecule has 0 radical (unpaired) electrons. The lowest BCUT2D eigenvalue weighted by molar-refractivity contribution is -0.167. The van der Waals surface area contributed by atoms with Crippen molar-refractivity contribution in [1.29, 1.82) is 0 Å². The third-order valence-corrected chi connectivity index (χ3v) is 5.57. The van der Waals surface area contributed by atoms with Gasteiger partial charge < -0.3 is 14.9 Å². The van der Waals surface area contributed by atoms with E-state index in [1.807, 2.05) is 0 Å². The Kier molecular flexibility index (Phi) is 6.89. The third-order valence-electron chi connectivity index (χ3n) is 5.57. The molecule has 0 heterocycles.